The summed E-state index contributed by atoms with van der Waals surface area (Å²) in [5, 5.41) is 0.776. The van der Waals surface area contributed by atoms with Gasteiger partial charge in [-0.2, -0.15) is 13.2 Å². The van der Waals surface area contributed by atoms with Crippen LogP contribution in [0.5, 0.6) is 5.75 Å². The number of para-hydroxylation sites is 1. The van der Waals surface area contributed by atoms with Crippen LogP contribution < -0.4 is 4.74 Å². The monoisotopic (exact) mass is 374 g/mol. The van der Waals surface area contributed by atoms with Gasteiger partial charge in [0.2, 0.25) is 0 Å². The normalized spacial score (nSPS) is 17.0. The molecule has 27 heavy (non-hydrogen) atoms. The van der Waals surface area contributed by atoms with Gasteiger partial charge in [-0.05, 0) is 42.3 Å². The van der Waals surface area contributed by atoms with Crippen LogP contribution in [0, 0.1) is 0 Å². The van der Waals surface area contributed by atoms with Gasteiger partial charge in [-0.15, -0.1) is 0 Å². The molecule has 1 atom stereocenters. The summed E-state index contributed by atoms with van der Waals surface area (Å²) >= 11 is 0. The number of halogens is 3. The van der Waals surface area contributed by atoms with Crippen molar-refractivity contribution in [2.45, 2.75) is 18.6 Å². The summed E-state index contributed by atoms with van der Waals surface area (Å²) in [6.45, 7) is 0.00386. The number of carbonyl (C=O) groups is 1. The van der Waals surface area contributed by atoms with Gasteiger partial charge in [0.05, 0.1) is 12.8 Å². The average molecular weight is 374 g/mol. The van der Waals surface area contributed by atoms with Crippen LogP contribution in [0.4, 0.5) is 13.2 Å². The number of aromatic amines is 1. The Balaban J connectivity index is 1.77. The van der Waals surface area contributed by atoms with Crippen molar-refractivity contribution in [2.24, 2.45) is 0 Å². The number of fused-ring (bicyclic) bond motifs is 3. The number of aromatic nitrogens is 1. The van der Waals surface area contributed by atoms with Crippen LogP contribution in [0.25, 0.3) is 10.9 Å². The van der Waals surface area contributed by atoms with Gasteiger partial charge in [-0.25, -0.2) is 0 Å². The summed E-state index contributed by atoms with van der Waals surface area (Å²) in [7, 11) is 1.48. The predicted octanol–water partition coefficient (Wildman–Crippen LogP) is 4.48. The molecular formula is C20H17F3N2O2. The van der Waals surface area contributed by atoms with Crippen LogP contribution in [-0.2, 0) is 6.42 Å². The largest absolute Gasteiger partial charge is 0.497 e. The van der Waals surface area contributed by atoms with Crippen molar-refractivity contribution in [3.8, 4) is 5.75 Å². The van der Waals surface area contributed by atoms with Gasteiger partial charge in [0.1, 0.15) is 5.75 Å². The highest BCUT2D eigenvalue weighted by Crippen LogP contribution is 2.44. The van der Waals surface area contributed by atoms with E-state index in [-0.39, 0.29) is 17.8 Å². The first-order valence-electron chi connectivity index (χ1n) is 8.51. The molecule has 0 saturated heterocycles. The first kappa shape index (κ1) is 17.5. The predicted molar refractivity (Wildman–Crippen MR) is 94.8 cm³/mol. The quantitative estimate of drug-likeness (QED) is 0.719. The summed E-state index contributed by atoms with van der Waals surface area (Å²) in [4.78, 5) is 16.6. The molecule has 0 bridgehead atoms. The molecule has 0 fully saturated rings. The molecule has 2 aromatic carbocycles. The van der Waals surface area contributed by atoms with Crippen molar-refractivity contribution >= 4 is 16.8 Å². The smallest absolute Gasteiger partial charge is 0.414 e. The van der Waals surface area contributed by atoms with E-state index in [9.17, 15) is 18.0 Å². The van der Waals surface area contributed by atoms with Crippen LogP contribution in [0.15, 0.2) is 48.5 Å². The molecular weight excluding hydrogens is 357 g/mol. The molecule has 1 aromatic heterocycles. The van der Waals surface area contributed by atoms with E-state index >= 15 is 0 Å². The van der Waals surface area contributed by atoms with E-state index in [1.807, 2.05) is 0 Å². The number of hydrogen-bond donors (Lipinski definition) is 1. The third kappa shape index (κ3) is 2.93. The van der Waals surface area contributed by atoms with E-state index in [1.54, 1.807) is 36.4 Å². The second-order valence-electron chi connectivity index (χ2n) is 6.48. The third-order valence-electron chi connectivity index (χ3n) is 4.94. The van der Waals surface area contributed by atoms with Gasteiger partial charge in [0, 0.05) is 23.0 Å². The second-order valence-corrected chi connectivity index (χ2v) is 6.48. The molecule has 0 aliphatic carbocycles. The number of H-pyrrole nitrogens is 1. The van der Waals surface area contributed by atoms with Crippen LogP contribution >= 0.6 is 0 Å². The Kier molecular flexibility index (Phi) is 4.09. The lowest BCUT2D eigenvalue weighted by Crippen LogP contribution is -2.46. The molecule has 0 radical (unpaired) electrons. The molecule has 0 spiro atoms. The molecule has 1 amide bonds. The third-order valence-corrected chi connectivity index (χ3v) is 4.94. The Hall–Kier alpha value is -2.96. The Bertz CT molecular complexity index is 993. The zero-order valence-corrected chi connectivity index (χ0v) is 14.5. The van der Waals surface area contributed by atoms with Crippen molar-refractivity contribution in [3.63, 3.8) is 0 Å². The maximum Gasteiger partial charge on any atom is 0.414 e. The zero-order valence-electron chi connectivity index (χ0n) is 14.5. The molecule has 1 N–H and O–H groups in total. The first-order valence-corrected chi connectivity index (χ1v) is 8.51. The van der Waals surface area contributed by atoms with Crippen molar-refractivity contribution in [1.29, 1.82) is 0 Å². The number of nitrogens with zero attached hydrogens (tertiary/aromatic N) is 1. The molecule has 3 aromatic rings. The Labute approximate surface area is 153 Å². The average Bonchev–Trinajstić information content (AvgIpc) is 3.04. The molecule has 7 heteroatoms. The second kappa shape index (κ2) is 6.33. The van der Waals surface area contributed by atoms with Crippen LogP contribution in [-0.4, -0.2) is 35.6 Å². The topological polar surface area (TPSA) is 45.3 Å². The lowest BCUT2D eigenvalue weighted by atomic mass is 9.96. The highest BCUT2D eigenvalue weighted by molar-refractivity contribution is 5.95. The SMILES string of the molecule is COc1ccc(C(=O)N2CCc3c([nH]c4ccccc34)[C@H]2C(F)(F)F)cc1. The molecule has 1 aliphatic heterocycles. The number of hydrogen-bond acceptors (Lipinski definition) is 2. The van der Waals surface area contributed by atoms with E-state index in [2.05, 4.69) is 4.98 Å². The number of rotatable bonds is 2. The minimum absolute atomic E-state index is 0.00386. The number of ether oxygens (including phenoxy) is 1. The molecule has 1 aliphatic rings. The highest BCUT2D eigenvalue weighted by Gasteiger charge is 2.50. The summed E-state index contributed by atoms with van der Waals surface area (Å²) in [5.41, 5.74) is 1.53. The first-order chi connectivity index (χ1) is 12.9. The van der Waals surface area contributed by atoms with E-state index in [0.717, 1.165) is 10.3 Å². The molecule has 4 nitrogen and oxygen atoms in total. The van der Waals surface area contributed by atoms with Crippen molar-refractivity contribution in [2.75, 3.05) is 13.7 Å². The number of methoxy groups -OCH3 is 1. The van der Waals surface area contributed by atoms with Gasteiger partial charge >= 0.3 is 6.18 Å². The lowest BCUT2D eigenvalue weighted by Gasteiger charge is -2.36. The van der Waals surface area contributed by atoms with Crippen LogP contribution in [0.1, 0.15) is 27.7 Å². The Morgan fingerprint density at radius 1 is 1.15 bits per heavy atom. The van der Waals surface area contributed by atoms with E-state index in [0.29, 0.717) is 23.3 Å². The molecule has 0 unspecified atom stereocenters. The minimum Gasteiger partial charge on any atom is -0.497 e. The van der Waals surface area contributed by atoms with Crippen LogP contribution in [0.2, 0.25) is 0 Å². The summed E-state index contributed by atoms with van der Waals surface area (Å²) < 4.78 is 46.9. The van der Waals surface area contributed by atoms with E-state index < -0.39 is 18.1 Å². The van der Waals surface area contributed by atoms with E-state index in [4.69, 9.17) is 4.74 Å². The van der Waals surface area contributed by atoms with Gasteiger partial charge < -0.3 is 14.6 Å². The van der Waals surface area contributed by atoms with Gasteiger partial charge in [-0.3, -0.25) is 4.79 Å². The van der Waals surface area contributed by atoms with Gasteiger partial charge in [0.25, 0.3) is 5.91 Å². The maximum atomic E-state index is 14.0. The standard InChI is InChI=1S/C20H17F3N2O2/c1-27-13-8-6-12(7-9-13)19(26)25-11-10-15-14-4-2-3-5-16(14)24-17(15)18(25)20(21,22)23/h2-9,18,24H,10-11H2,1H3/t18-/m0/s1. The Morgan fingerprint density at radius 2 is 1.85 bits per heavy atom. The van der Waals surface area contributed by atoms with Crippen LogP contribution in [0.3, 0.4) is 0 Å². The number of nitrogens with one attached hydrogen (secondary N) is 1. The van der Waals surface area contributed by atoms with Crippen molar-refractivity contribution < 1.29 is 22.7 Å². The molecule has 4 rings (SSSR count). The fraction of sp³-hybridized carbons (Fsp3) is 0.250. The van der Waals surface area contributed by atoms with Crippen molar-refractivity contribution in [3.05, 3.63) is 65.4 Å². The van der Waals surface area contributed by atoms with E-state index in [1.165, 1.54) is 19.2 Å². The highest BCUT2D eigenvalue weighted by atomic mass is 19.4. The fourth-order valence-corrected chi connectivity index (χ4v) is 3.70. The summed E-state index contributed by atoms with van der Waals surface area (Å²) in [6.07, 6.45) is -4.22. The van der Waals surface area contributed by atoms with Gasteiger partial charge in [-0.1, -0.05) is 18.2 Å². The summed E-state index contributed by atoms with van der Waals surface area (Å²) in [6, 6.07) is 11.2. The molecule has 140 valence electrons. The molecule has 0 saturated carbocycles. The Morgan fingerprint density at radius 3 is 2.52 bits per heavy atom. The van der Waals surface area contributed by atoms with Gasteiger partial charge in [0.15, 0.2) is 6.04 Å². The lowest BCUT2D eigenvalue weighted by molar-refractivity contribution is -0.182. The molecule has 2 heterocycles. The minimum atomic E-state index is -4.59. The maximum absolute atomic E-state index is 14.0. The summed E-state index contributed by atoms with van der Waals surface area (Å²) in [5.74, 6) is -0.111. The number of benzene rings is 2. The number of alkyl halides is 3. The zero-order chi connectivity index (χ0) is 19.2. The number of amides is 1. The number of carbonyl (C=O) groups excluding carboxylic acids is 1. The fourth-order valence-electron chi connectivity index (χ4n) is 3.70. The van der Waals surface area contributed by atoms with Crippen molar-refractivity contribution in [1.82, 2.24) is 9.88 Å².